The van der Waals surface area contributed by atoms with E-state index in [1.165, 1.54) is 8.61 Å². The first-order valence-corrected chi connectivity index (χ1v) is 7.73. The van der Waals surface area contributed by atoms with Crippen molar-refractivity contribution in [2.24, 2.45) is 0 Å². The molecule has 110 valence electrons. The van der Waals surface area contributed by atoms with Crippen molar-refractivity contribution in [2.75, 3.05) is 53.9 Å². The maximum absolute atomic E-state index is 12.3. The highest BCUT2D eigenvalue weighted by Crippen LogP contribution is 2.08. The maximum Gasteiger partial charge on any atom is 0.281 e. The number of nitrogens with zero attached hydrogens (tertiary/aromatic N) is 3. The molecule has 0 bridgehead atoms. The second kappa shape index (κ2) is 8.82. The fourth-order valence-corrected chi connectivity index (χ4v) is 2.99. The van der Waals surface area contributed by atoms with E-state index in [1.54, 1.807) is 7.05 Å². The van der Waals surface area contributed by atoms with E-state index in [0.29, 0.717) is 32.6 Å². The standard InChI is InChI=1S/C11H27N3O3S/c1-5-7-14(10-9-12(2)3)18(16,17)13(4)8-6-11-15/h15H,5-11H2,1-4H3. The average molecular weight is 281 g/mol. The van der Waals surface area contributed by atoms with E-state index in [2.05, 4.69) is 0 Å². The van der Waals surface area contributed by atoms with Gasteiger partial charge in [-0.05, 0) is 26.9 Å². The van der Waals surface area contributed by atoms with Crippen LogP contribution in [0.3, 0.4) is 0 Å². The Morgan fingerprint density at radius 2 is 1.61 bits per heavy atom. The molecule has 0 aromatic heterocycles. The van der Waals surface area contributed by atoms with Crippen LogP contribution < -0.4 is 0 Å². The van der Waals surface area contributed by atoms with Crippen LogP contribution in [0.4, 0.5) is 0 Å². The molecule has 0 amide bonds. The first-order valence-electron chi connectivity index (χ1n) is 6.33. The third-order valence-electron chi connectivity index (χ3n) is 2.62. The van der Waals surface area contributed by atoms with Gasteiger partial charge < -0.3 is 10.0 Å². The number of hydrogen-bond donors (Lipinski definition) is 1. The van der Waals surface area contributed by atoms with Gasteiger partial charge in [0.05, 0.1) is 0 Å². The predicted octanol–water partition coefficient (Wildman–Crippen LogP) is -0.181. The predicted molar refractivity (Wildman–Crippen MR) is 73.7 cm³/mol. The highest BCUT2D eigenvalue weighted by atomic mass is 32.2. The molecule has 0 fully saturated rings. The van der Waals surface area contributed by atoms with Crippen molar-refractivity contribution in [3.63, 3.8) is 0 Å². The minimum Gasteiger partial charge on any atom is -0.396 e. The summed E-state index contributed by atoms with van der Waals surface area (Å²) in [4.78, 5) is 1.96. The maximum atomic E-state index is 12.3. The van der Waals surface area contributed by atoms with Crippen LogP contribution in [0, 0.1) is 0 Å². The van der Waals surface area contributed by atoms with E-state index >= 15 is 0 Å². The van der Waals surface area contributed by atoms with Gasteiger partial charge in [0, 0.05) is 39.8 Å². The molecule has 0 saturated carbocycles. The van der Waals surface area contributed by atoms with Crippen LogP contribution in [0.5, 0.6) is 0 Å². The van der Waals surface area contributed by atoms with Crippen LogP contribution in [-0.4, -0.2) is 81.0 Å². The Balaban J connectivity index is 4.63. The molecule has 1 N–H and O–H groups in total. The van der Waals surface area contributed by atoms with E-state index in [-0.39, 0.29) is 6.61 Å². The van der Waals surface area contributed by atoms with E-state index in [4.69, 9.17) is 5.11 Å². The molecule has 0 aromatic rings. The van der Waals surface area contributed by atoms with Gasteiger partial charge in [0.25, 0.3) is 10.2 Å². The van der Waals surface area contributed by atoms with Gasteiger partial charge in [0.2, 0.25) is 0 Å². The van der Waals surface area contributed by atoms with Gasteiger partial charge >= 0.3 is 0 Å². The quantitative estimate of drug-likeness (QED) is 0.603. The molecule has 0 rings (SSSR count). The topological polar surface area (TPSA) is 64.1 Å². The molecular weight excluding hydrogens is 254 g/mol. The van der Waals surface area contributed by atoms with E-state index in [9.17, 15) is 8.42 Å². The Bertz CT molecular complexity index is 307. The van der Waals surface area contributed by atoms with Crippen molar-refractivity contribution < 1.29 is 13.5 Å². The van der Waals surface area contributed by atoms with Crippen molar-refractivity contribution in [1.82, 2.24) is 13.5 Å². The van der Waals surface area contributed by atoms with Gasteiger partial charge in [0.15, 0.2) is 0 Å². The molecule has 0 saturated heterocycles. The monoisotopic (exact) mass is 281 g/mol. The van der Waals surface area contributed by atoms with Crippen molar-refractivity contribution in [3.05, 3.63) is 0 Å². The van der Waals surface area contributed by atoms with Crippen LogP contribution in [0.1, 0.15) is 19.8 Å². The lowest BCUT2D eigenvalue weighted by Gasteiger charge is -2.28. The molecular formula is C11H27N3O3S. The van der Waals surface area contributed by atoms with Gasteiger partial charge in [-0.25, -0.2) is 0 Å². The fourth-order valence-electron chi connectivity index (χ4n) is 1.51. The fraction of sp³-hybridized carbons (Fsp3) is 1.00. The molecule has 0 aromatic carbocycles. The Morgan fingerprint density at radius 1 is 1.00 bits per heavy atom. The molecule has 0 atom stereocenters. The van der Waals surface area contributed by atoms with Crippen LogP contribution in [0.25, 0.3) is 0 Å². The summed E-state index contributed by atoms with van der Waals surface area (Å²) in [5.74, 6) is 0. The van der Waals surface area contributed by atoms with E-state index < -0.39 is 10.2 Å². The SMILES string of the molecule is CCCN(CCN(C)C)S(=O)(=O)N(C)CCCO. The summed E-state index contributed by atoms with van der Waals surface area (Å²) in [6, 6.07) is 0. The summed E-state index contributed by atoms with van der Waals surface area (Å²) >= 11 is 0. The highest BCUT2D eigenvalue weighted by Gasteiger charge is 2.25. The van der Waals surface area contributed by atoms with Crippen LogP contribution in [-0.2, 0) is 10.2 Å². The molecule has 18 heavy (non-hydrogen) atoms. The van der Waals surface area contributed by atoms with Gasteiger partial charge in [-0.2, -0.15) is 17.0 Å². The lowest BCUT2D eigenvalue weighted by molar-refractivity contribution is 0.268. The second-order valence-electron chi connectivity index (χ2n) is 4.61. The molecule has 0 aliphatic heterocycles. The van der Waals surface area contributed by atoms with Crippen molar-refractivity contribution >= 4 is 10.2 Å². The number of aliphatic hydroxyl groups excluding tert-OH is 1. The van der Waals surface area contributed by atoms with Crippen molar-refractivity contribution in [2.45, 2.75) is 19.8 Å². The third-order valence-corrected chi connectivity index (χ3v) is 4.61. The van der Waals surface area contributed by atoms with Crippen molar-refractivity contribution in [1.29, 1.82) is 0 Å². The molecule has 6 nitrogen and oxygen atoms in total. The van der Waals surface area contributed by atoms with E-state index in [0.717, 1.165) is 6.42 Å². The number of rotatable bonds is 10. The first-order chi connectivity index (χ1) is 8.36. The largest absolute Gasteiger partial charge is 0.396 e. The zero-order valence-corrected chi connectivity index (χ0v) is 12.8. The first kappa shape index (κ1) is 17.8. The Morgan fingerprint density at radius 3 is 2.06 bits per heavy atom. The lowest BCUT2D eigenvalue weighted by atomic mass is 10.4. The third kappa shape index (κ3) is 6.10. The lowest BCUT2D eigenvalue weighted by Crippen LogP contribution is -2.45. The Hall–Kier alpha value is -0.210. The molecule has 0 aliphatic carbocycles. The number of likely N-dealkylation sites (N-methyl/N-ethyl adjacent to an activating group) is 1. The van der Waals surface area contributed by atoms with Crippen LogP contribution >= 0.6 is 0 Å². The Labute approximate surface area is 111 Å². The minimum atomic E-state index is -3.40. The van der Waals surface area contributed by atoms with E-state index in [1.807, 2.05) is 25.9 Å². The minimum absolute atomic E-state index is 0.00529. The molecule has 7 heteroatoms. The molecule has 0 heterocycles. The number of hydrogen-bond acceptors (Lipinski definition) is 4. The molecule has 0 spiro atoms. The molecule has 0 radical (unpaired) electrons. The van der Waals surface area contributed by atoms with Crippen molar-refractivity contribution in [3.8, 4) is 0 Å². The normalized spacial score (nSPS) is 12.9. The van der Waals surface area contributed by atoms with Gasteiger partial charge in [0.1, 0.15) is 0 Å². The summed E-state index contributed by atoms with van der Waals surface area (Å²) in [6.07, 6.45) is 1.25. The summed E-state index contributed by atoms with van der Waals surface area (Å²) < 4.78 is 27.4. The van der Waals surface area contributed by atoms with Crippen LogP contribution in [0.2, 0.25) is 0 Å². The average Bonchev–Trinajstić information content (AvgIpc) is 2.30. The zero-order valence-electron chi connectivity index (χ0n) is 12.0. The zero-order chi connectivity index (χ0) is 14.2. The van der Waals surface area contributed by atoms with Gasteiger partial charge in [-0.15, -0.1) is 0 Å². The van der Waals surface area contributed by atoms with Gasteiger partial charge in [-0.1, -0.05) is 6.92 Å². The summed E-state index contributed by atoms with van der Waals surface area (Å²) in [5.41, 5.74) is 0. The van der Waals surface area contributed by atoms with Gasteiger partial charge in [-0.3, -0.25) is 0 Å². The van der Waals surface area contributed by atoms with Crippen LogP contribution in [0.15, 0.2) is 0 Å². The smallest absolute Gasteiger partial charge is 0.281 e. The summed E-state index contributed by atoms with van der Waals surface area (Å²) in [5, 5.41) is 8.76. The summed E-state index contributed by atoms with van der Waals surface area (Å²) in [6.45, 7) is 4.04. The second-order valence-corrected chi connectivity index (χ2v) is 6.64. The molecule has 0 aliphatic rings. The summed E-state index contributed by atoms with van der Waals surface area (Å²) in [7, 11) is 2.00. The Kier molecular flexibility index (Phi) is 8.71. The number of aliphatic hydroxyl groups is 1. The highest BCUT2D eigenvalue weighted by molar-refractivity contribution is 7.86. The molecule has 0 unspecified atom stereocenters.